The van der Waals surface area contributed by atoms with Crippen LogP contribution in [0.25, 0.3) is 0 Å². The minimum Gasteiger partial charge on any atom is -0.355 e. The van der Waals surface area contributed by atoms with Gasteiger partial charge in [-0.3, -0.25) is 4.79 Å². The number of amides is 1. The molecule has 0 saturated carbocycles. The lowest BCUT2D eigenvalue weighted by atomic mass is 10.2. The summed E-state index contributed by atoms with van der Waals surface area (Å²) in [7, 11) is 0. The van der Waals surface area contributed by atoms with Gasteiger partial charge < -0.3 is 10.6 Å². The molecule has 2 rings (SSSR count). The molecule has 0 aliphatic carbocycles. The summed E-state index contributed by atoms with van der Waals surface area (Å²) in [4.78, 5) is 11.9. The third kappa shape index (κ3) is 4.45. The van der Waals surface area contributed by atoms with Gasteiger partial charge in [0, 0.05) is 19.1 Å². The molecular formula is C12H22N6OS. The van der Waals surface area contributed by atoms with Crippen LogP contribution >= 0.6 is 11.8 Å². The van der Waals surface area contributed by atoms with Crippen molar-refractivity contribution in [3.8, 4) is 0 Å². The van der Waals surface area contributed by atoms with Crippen LogP contribution in [0, 0.1) is 0 Å². The molecule has 0 spiro atoms. The Morgan fingerprint density at radius 2 is 2.35 bits per heavy atom. The van der Waals surface area contributed by atoms with E-state index >= 15 is 0 Å². The van der Waals surface area contributed by atoms with Crippen molar-refractivity contribution >= 4 is 17.7 Å². The summed E-state index contributed by atoms with van der Waals surface area (Å²) in [5.41, 5.74) is 0. The number of thioether (sulfide) groups is 1. The Bertz CT molecular complexity index is 435. The fourth-order valence-corrected chi connectivity index (χ4v) is 3.09. The SMILES string of the molecule is CC(C)NCCn1nnnc1SC1CCCCNC1=O. The quantitative estimate of drug-likeness (QED) is 0.792. The van der Waals surface area contributed by atoms with E-state index in [1.807, 2.05) is 0 Å². The zero-order chi connectivity index (χ0) is 14.4. The molecule has 1 aromatic rings. The first-order valence-electron chi connectivity index (χ1n) is 7.10. The predicted octanol–water partition coefficient (Wildman–Crippen LogP) is 0.432. The first kappa shape index (κ1) is 15.2. The molecule has 20 heavy (non-hydrogen) atoms. The van der Waals surface area contributed by atoms with E-state index in [9.17, 15) is 4.79 Å². The van der Waals surface area contributed by atoms with Gasteiger partial charge in [-0.1, -0.05) is 32.0 Å². The Kier molecular flexibility index (Phi) is 5.78. The lowest BCUT2D eigenvalue weighted by Gasteiger charge is -2.12. The molecular weight excluding hydrogens is 276 g/mol. The minimum absolute atomic E-state index is 0.0830. The first-order valence-corrected chi connectivity index (χ1v) is 7.98. The zero-order valence-corrected chi connectivity index (χ0v) is 12.8. The number of hydrogen-bond acceptors (Lipinski definition) is 6. The van der Waals surface area contributed by atoms with Crippen LogP contribution in [0.1, 0.15) is 33.1 Å². The Hall–Kier alpha value is -1.15. The highest BCUT2D eigenvalue weighted by Gasteiger charge is 2.24. The van der Waals surface area contributed by atoms with Gasteiger partial charge in [0.2, 0.25) is 11.1 Å². The second-order valence-corrected chi connectivity index (χ2v) is 6.36. The monoisotopic (exact) mass is 298 g/mol. The standard InChI is InChI=1S/C12H22N6OS/c1-9(2)13-7-8-18-12(15-16-17-18)20-10-5-3-4-6-14-11(10)19/h9-10,13H,3-8H2,1-2H3,(H,14,19). The number of carbonyl (C=O) groups is 1. The normalized spacial score (nSPS) is 19.9. The summed E-state index contributed by atoms with van der Waals surface area (Å²) in [5, 5.41) is 18.6. The topological polar surface area (TPSA) is 84.7 Å². The summed E-state index contributed by atoms with van der Waals surface area (Å²) in [6.07, 6.45) is 2.99. The lowest BCUT2D eigenvalue weighted by molar-refractivity contribution is -0.120. The van der Waals surface area contributed by atoms with Crippen molar-refractivity contribution in [3.05, 3.63) is 0 Å². The molecule has 8 heteroatoms. The number of rotatable bonds is 6. The summed E-state index contributed by atoms with van der Waals surface area (Å²) in [6, 6.07) is 0.440. The Labute approximate surface area is 123 Å². The molecule has 1 fully saturated rings. The summed E-state index contributed by atoms with van der Waals surface area (Å²) in [5.74, 6) is 0.0994. The average Bonchev–Trinajstić information content (AvgIpc) is 2.73. The fraction of sp³-hybridized carbons (Fsp3) is 0.833. The number of hydrogen-bond donors (Lipinski definition) is 2. The molecule has 0 radical (unpaired) electrons. The molecule has 1 aliphatic rings. The molecule has 2 heterocycles. The van der Waals surface area contributed by atoms with E-state index < -0.39 is 0 Å². The van der Waals surface area contributed by atoms with Crippen molar-refractivity contribution in [1.82, 2.24) is 30.8 Å². The fourth-order valence-electron chi connectivity index (χ4n) is 2.03. The molecule has 1 aromatic heterocycles. The van der Waals surface area contributed by atoms with Gasteiger partial charge in [0.15, 0.2) is 0 Å². The van der Waals surface area contributed by atoms with Gasteiger partial charge >= 0.3 is 0 Å². The van der Waals surface area contributed by atoms with Crippen LogP contribution in [0.2, 0.25) is 0 Å². The van der Waals surface area contributed by atoms with Gasteiger partial charge in [0.25, 0.3) is 0 Å². The van der Waals surface area contributed by atoms with Crippen LogP contribution in [-0.2, 0) is 11.3 Å². The third-order valence-corrected chi connectivity index (χ3v) is 4.35. The van der Waals surface area contributed by atoms with E-state index in [4.69, 9.17) is 0 Å². The average molecular weight is 298 g/mol. The highest BCUT2D eigenvalue weighted by atomic mass is 32.2. The lowest BCUT2D eigenvalue weighted by Crippen LogP contribution is -2.31. The van der Waals surface area contributed by atoms with Crippen molar-refractivity contribution < 1.29 is 4.79 Å². The van der Waals surface area contributed by atoms with E-state index in [0.717, 1.165) is 37.5 Å². The highest BCUT2D eigenvalue weighted by Crippen LogP contribution is 2.25. The van der Waals surface area contributed by atoms with Gasteiger partial charge in [0.1, 0.15) is 0 Å². The summed E-state index contributed by atoms with van der Waals surface area (Å²) >= 11 is 1.47. The van der Waals surface area contributed by atoms with Crippen LogP contribution in [0.15, 0.2) is 5.16 Å². The van der Waals surface area contributed by atoms with Gasteiger partial charge in [-0.25, -0.2) is 4.68 Å². The second-order valence-electron chi connectivity index (χ2n) is 5.19. The molecule has 1 unspecified atom stereocenters. The van der Waals surface area contributed by atoms with Crippen LogP contribution in [0.3, 0.4) is 0 Å². The van der Waals surface area contributed by atoms with Crippen molar-refractivity contribution in [2.75, 3.05) is 13.1 Å². The zero-order valence-electron chi connectivity index (χ0n) is 12.0. The van der Waals surface area contributed by atoms with Crippen molar-refractivity contribution in [2.45, 2.75) is 56.1 Å². The minimum atomic E-state index is -0.0830. The Balaban J connectivity index is 1.91. The molecule has 0 aromatic carbocycles. The van der Waals surface area contributed by atoms with Gasteiger partial charge in [-0.15, -0.1) is 5.10 Å². The van der Waals surface area contributed by atoms with Crippen LogP contribution in [0.5, 0.6) is 0 Å². The van der Waals surface area contributed by atoms with E-state index in [2.05, 4.69) is 40.0 Å². The highest BCUT2D eigenvalue weighted by molar-refractivity contribution is 8.00. The van der Waals surface area contributed by atoms with Crippen LogP contribution in [0.4, 0.5) is 0 Å². The van der Waals surface area contributed by atoms with E-state index in [1.165, 1.54) is 11.8 Å². The van der Waals surface area contributed by atoms with Gasteiger partial charge in [-0.05, 0) is 23.3 Å². The third-order valence-electron chi connectivity index (χ3n) is 3.11. The molecule has 7 nitrogen and oxygen atoms in total. The largest absolute Gasteiger partial charge is 0.355 e. The molecule has 1 amide bonds. The second kappa shape index (κ2) is 7.58. The maximum atomic E-state index is 11.9. The van der Waals surface area contributed by atoms with Crippen molar-refractivity contribution in [1.29, 1.82) is 0 Å². The maximum absolute atomic E-state index is 11.9. The number of nitrogens with zero attached hydrogens (tertiary/aromatic N) is 4. The molecule has 2 N–H and O–H groups in total. The Morgan fingerprint density at radius 1 is 1.50 bits per heavy atom. The van der Waals surface area contributed by atoms with Crippen LogP contribution in [-0.4, -0.2) is 50.5 Å². The van der Waals surface area contributed by atoms with Crippen molar-refractivity contribution in [2.24, 2.45) is 0 Å². The van der Waals surface area contributed by atoms with E-state index in [0.29, 0.717) is 12.6 Å². The first-order chi connectivity index (χ1) is 9.66. The molecule has 1 atom stereocenters. The van der Waals surface area contributed by atoms with E-state index in [1.54, 1.807) is 4.68 Å². The molecule has 112 valence electrons. The molecule has 1 aliphatic heterocycles. The Morgan fingerprint density at radius 3 is 3.15 bits per heavy atom. The van der Waals surface area contributed by atoms with Crippen LogP contribution < -0.4 is 10.6 Å². The predicted molar refractivity (Wildman–Crippen MR) is 77.5 cm³/mol. The maximum Gasteiger partial charge on any atom is 0.233 e. The smallest absolute Gasteiger partial charge is 0.233 e. The number of nitrogens with one attached hydrogen (secondary N) is 2. The van der Waals surface area contributed by atoms with Gasteiger partial charge in [-0.2, -0.15) is 0 Å². The number of carbonyl (C=O) groups excluding carboxylic acids is 1. The summed E-state index contributed by atoms with van der Waals surface area (Å²) < 4.78 is 1.76. The molecule has 1 saturated heterocycles. The number of aromatic nitrogens is 4. The number of tetrazole rings is 1. The molecule has 0 bridgehead atoms. The van der Waals surface area contributed by atoms with Gasteiger partial charge in [0.05, 0.1) is 11.8 Å². The van der Waals surface area contributed by atoms with E-state index in [-0.39, 0.29) is 11.2 Å². The summed E-state index contributed by atoms with van der Waals surface area (Å²) in [6.45, 7) is 6.50. The van der Waals surface area contributed by atoms with Crippen molar-refractivity contribution in [3.63, 3.8) is 0 Å².